The summed E-state index contributed by atoms with van der Waals surface area (Å²) in [6, 6.07) is 9.58. The molecular formula is C18H17N5. The molecule has 23 heavy (non-hydrogen) atoms. The van der Waals surface area contributed by atoms with Crippen molar-refractivity contribution in [2.45, 2.75) is 13.8 Å². The molecular weight excluding hydrogens is 286 g/mol. The fourth-order valence-corrected chi connectivity index (χ4v) is 3.37. The number of benzene rings is 2. The van der Waals surface area contributed by atoms with E-state index in [9.17, 15) is 0 Å². The third-order valence-corrected chi connectivity index (χ3v) is 4.28. The van der Waals surface area contributed by atoms with Crippen molar-refractivity contribution >= 4 is 49.8 Å². The van der Waals surface area contributed by atoms with Crippen LogP contribution in [0.1, 0.15) is 11.3 Å². The Hall–Kier alpha value is -3.08. The molecule has 0 fully saturated rings. The second-order valence-corrected chi connectivity index (χ2v) is 5.95. The Bertz CT molecular complexity index is 1110. The molecule has 0 amide bonds. The van der Waals surface area contributed by atoms with Gasteiger partial charge in [-0.05, 0) is 43.7 Å². The number of hydrogen-bond acceptors (Lipinski definition) is 5. The average Bonchev–Trinajstić information content (AvgIpc) is 2.45. The summed E-state index contributed by atoms with van der Waals surface area (Å²) in [4.78, 5) is 9.20. The van der Waals surface area contributed by atoms with E-state index in [-0.39, 0.29) is 0 Å². The summed E-state index contributed by atoms with van der Waals surface area (Å²) in [5.74, 6) is 0.473. The molecule has 0 spiro atoms. The van der Waals surface area contributed by atoms with Crippen molar-refractivity contribution < 1.29 is 0 Å². The molecule has 114 valence electrons. The number of nitrogen functional groups attached to an aromatic ring is 3. The number of hydrogen-bond donors (Lipinski definition) is 3. The summed E-state index contributed by atoms with van der Waals surface area (Å²) in [5, 5.41) is 4.03. The SMILES string of the molecule is Cc1nc2cc(N)ccc2c2c1c(N)nc1cc(N)cc(C)c12. The van der Waals surface area contributed by atoms with Crippen molar-refractivity contribution in [2.24, 2.45) is 0 Å². The maximum atomic E-state index is 6.23. The maximum Gasteiger partial charge on any atom is 0.133 e. The van der Waals surface area contributed by atoms with E-state index in [2.05, 4.69) is 9.97 Å². The molecule has 6 N–H and O–H groups in total. The molecule has 0 aliphatic rings. The molecule has 0 saturated carbocycles. The molecule has 0 bridgehead atoms. The highest BCUT2D eigenvalue weighted by molar-refractivity contribution is 6.23. The Morgan fingerprint density at radius 3 is 2.26 bits per heavy atom. The van der Waals surface area contributed by atoms with Crippen molar-refractivity contribution in [3.8, 4) is 0 Å². The number of nitrogens with two attached hydrogens (primary N) is 3. The van der Waals surface area contributed by atoms with Gasteiger partial charge in [0.05, 0.1) is 11.0 Å². The second kappa shape index (κ2) is 4.46. The molecule has 4 aromatic rings. The minimum absolute atomic E-state index is 0.473. The molecule has 2 aromatic heterocycles. The first kappa shape index (κ1) is 13.6. The van der Waals surface area contributed by atoms with Gasteiger partial charge in [0.1, 0.15) is 5.82 Å². The molecule has 0 aliphatic heterocycles. The quantitative estimate of drug-likeness (QED) is 0.341. The lowest BCUT2D eigenvalue weighted by Gasteiger charge is -2.14. The number of rotatable bonds is 0. The van der Waals surface area contributed by atoms with Gasteiger partial charge in [-0.15, -0.1) is 0 Å². The lowest BCUT2D eigenvalue weighted by atomic mass is 9.97. The first-order chi connectivity index (χ1) is 11.0. The smallest absolute Gasteiger partial charge is 0.133 e. The van der Waals surface area contributed by atoms with Gasteiger partial charge in [0, 0.05) is 38.6 Å². The van der Waals surface area contributed by atoms with E-state index in [1.54, 1.807) is 0 Å². The second-order valence-electron chi connectivity index (χ2n) is 5.95. The number of nitrogens with zero attached hydrogens (tertiary/aromatic N) is 2. The predicted octanol–water partition coefficient (Wildman–Crippen LogP) is 3.30. The minimum Gasteiger partial charge on any atom is -0.399 e. The molecule has 0 saturated heterocycles. The first-order valence-electron chi connectivity index (χ1n) is 7.40. The minimum atomic E-state index is 0.473. The third-order valence-electron chi connectivity index (χ3n) is 4.28. The van der Waals surface area contributed by atoms with Crippen LogP contribution in [-0.4, -0.2) is 9.97 Å². The Morgan fingerprint density at radius 2 is 1.48 bits per heavy atom. The summed E-state index contributed by atoms with van der Waals surface area (Å²) in [6.07, 6.45) is 0. The number of aromatic nitrogens is 2. The fraction of sp³-hybridized carbons (Fsp3) is 0.111. The lowest BCUT2D eigenvalue weighted by molar-refractivity contribution is 1.28. The highest BCUT2D eigenvalue weighted by Crippen LogP contribution is 2.37. The fourth-order valence-electron chi connectivity index (χ4n) is 3.37. The van der Waals surface area contributed by atoms with Crippen LogP contribution in [0.5, 0.6) is 0 Å². The highest BCUT2D eigenvalue weighted by atomic mass is 14.9. The van der Waals surface area contributed by atoms with E-state index in [1.807, 2.05) is 44.2 Å². The number of pyridine rings is 2. The van der Waals surface area contributed by atoms with Gasteiger partial charge in [-0.2, -0.15) is 0 Å². The molecule has 4 rings (SSSR count). The van der Waals surface area contributed by atoms with Crippen LogP contribution in [0.25, 0.3) is 32.6 Å². The first-order valence-corrected chi connectivity index (χ1v) is 7.40. The summed E-state index contributed by atoms with van der Waals surface area (Å²) in [5.41, 5.74) is 23.1. The van der Waals surface area contributed by atoms with Crippen molar-refractivity contribution in [3.63, 3.8) is 0 Å². The van der Waals surface area contributed by atoms with Crippen molar-refractivity contribution in [1.82, 2.24) is 9.97 Å². The van der Waals surface area contributed by atoms with Crippen LogP contribution in [-0.2, 0) is 0 Å². The Balaban J connectivity index is 2.40. The Labute approximate surface area is 133 Å². The average molecular weight is 303 g/mol. The van der Waals surface area contributed by atoms with Crippen molar-refractivity contribution in [3.05, 3.63) is 41.6 Å². The van der Waals surface area contributed by atoms with E-state index in [0.717, 1.165) is 43.8 Å². The van der Waals surface area contributed by atoms with Gasteiger partial charge in [-0.3, -0.25) is 4.98 Å². The number of anilines is 3. The van der Waals surface area contributed by atoms with Gasteiger partial charge in [0.15, 0.2) is 0 Å². The van der Waals surface area contributed by atoms with Crippen LogP contribution < -0.4 is 17.2 Å². The van der Waals surface area contributed by atoms with Gasteiger partial charge in [0.2, 0.25) is 0 Å². The monoisotopic (exact) mass is 303 g/mol. The molecule has 2 heterocycles. The summed E-state index contributed by atoms with van der Waals surface area (Å²) >= 11 is 0. The van der Waals surface area contributed by atoms with E-state index in [4.69, 9.17) is 17.2 Å². The van der Waals surface area contributed by atoms with E-state index in [0.29, 0.717) is 17.2 Å². The topological polar surface area (TPSA) is 104 Å². The Morgan fingerprint density at radius 1 is 0.739 bits per heavy atom. The molecule has 0 aliphatic carbocycles. The van der Waals surface area contributed by atoms with Crippen molar-refractivity contribution in [2.75, 3.05) is 17.2 Å². The summed E-state index contributed by atoms with van der Waals surface area (Å²) in [7, 11) is 0. The van der Waals surface area contributed by atoms with E-state index >= 15 is 0 Å². The van der Waals surface area contributed by atoms with Crippen LogP contribution in [0, 0.1) is 13.8 Å². The molecule has 2 aromatic carbocycles. The highest BCUT2D eigenvalue weighted by Gasteiger charge is 2.15. The zero-order valence-corrected chi connectivity index (χ0v) is 13.0. The van der Waals surface area contributed by atoms with Crippen LogP contribution in [0.4, 0.5) is 17.2 Å². The zero-order chi connectivity index (χ0) is 16.3. The molecule has 5 heteroatoms. The third kappa shape index (κ3) is 1.86. The summed E-state index contributed by atoms with van der Waals surface area (Å²) in [6.45, 7) is 3.98. The molecule has 0 atom stereocenters. The Kier molecular flexibility index (Phi) is 2.63. The largest absolute Gasteiger partial charge is 0.399 e. The molecule has 0 unspecified atom stereocenters. The van der Waals surface area contributed by atoms with Crippen LogP contribution in [0.3, 0.4) is 0 Å². The number of fused-ring (bicyclic) bond motifs is 5. The lowest BCUT2D eigenvalue weighted by Crippen LogP contribution is -2.00. The van der Waals surface area contributed by atoms with Crippen LogP contribution >= 0.6 is 0 Å². The van der Waals surface area contributed by atoms with E-state index < -0.39 is 0 Å². The van der Waals surface area contributed by atoms with E-state index in [1.165, 1.54) is 0 Å². The van der Waals surface area contributed by atoms with Gasteiger partial charge in [-0.1, -0.05) is 6.07 Å². The number of aryl methyl sites for hydroxylation is 2. The van der Waals surface area contributed by atoms with Crippen LogP contribution in [0.15, 0.2) is 30.3 Å². The predicted molar refractivity (Wildman–Crippen MR) is 97.3 cm³/mol. The van der Waals surface area contributed by atoms with Crippen molar-refractivity contribution in [1.29, 1.82) is 0 Å². The van der Waals surface area contributed by atoms with Gasteiger partial charge in [0.25, 0.3) is 0 Å². The van der Waals surface area contributed by atoms with Gasteiger partial charge < -0.3 is 17.2 Å². The van der Waals surface area contributed by atoms with Gasteiger partial charge >= 0.3 is 0 Å². The van der Waals surface area contributed by atoms with Gasteiger partial charge in [-0.25, -0.2) is 4.98 Å². The molecule has 5 nitrogen and oxygen atoms in total. The maximum absolute atomic E-state index is 6.23. The zero-order valence-electron chi connectivity index (χ0n) is 13.0. The standard InChI is InChI=1S/C18H17N5/c1-8-5-11(20)7-14-15(8)17-12-4-3-10(19)6-13(12)22-9(2)16(17)18(21)23-14/h3-7H,19-20H2,1-2H3,(H2,21,23). The molecule has 0 radical (unpaired) electrons. The summed E-state index contributed by atoms with van der Waals surface area (Å²) < 4.78 is 0. The van der Waals surface area contributed by atoms with Crippen LogP contribution in [0.2, 0.25) is 0 Å². The normalized spacial score (nSPS) is 11.6.